The molecular formula is C24H18F3N5O2. The SMILES string of the molecule is Cc1noc2nc(-c3ccccc3C(F)(F)F)cc(C(=O)N(C)Cc3nc4ccccc4[nH]3)c12. The number of aromatic nitrogens is 4. The summed E-state index contributed by atoms with van der Waals surface area (Å²) in [6, 6.07) is 13.9. The number of alkyl halides is 3. The van der Waals surface area contributed by atoms with Crippen LogP contribution in [-0.2, 0) is 12.7 Å². The minimum atomic E-state index is -4.59. The Balaban J connectivity index is 1.57. The number of para-hydroxylation sites is 2. The van der Waals surface area contributed by atoms with E-state index in [4.69, 9.17) is 4.52 Å². The van der Waals surface area contributed by atoms with Crippen molar-refractivity contribution in [2.45, 2.75) is 19.6 Å². The minimum absolute atomic E-state index is 0.00698. The predicted octanol–water partition coefficient (Wildman–Crippen LogP) is 5.37. The summed E-state index contributed by atoms with van der Waals surface area (Å²) >= 11 is 0. The number of carbonyl (C=O) groups is 1. The summed E-state index contributed by atoms with van der Waals surface area (Å²) in [5, 5.41) is 4.22. The van der Waals surface area contributed by atoms with E-state index in [1.807, 2.05) is 24.3 Å². The van der Waals surface area contributed by atoms with E-state index in [0.717, 1.165) is 17.1 Å². The van der Waals surface area contributed by atoms with Crippen molar-refractivity contribution in [3.63, 3.8) is 0 Å². The zero-order valence-corrected chi connectivity index (χ0v) is 18.1. The third kappa shape index (κ3) is 3.76. The number of hydrogen-bond donors (Lipinski definition) is 1. The first-order valence-corrected chi connectivity index (χ1v) is 10.3. The molecule has 10 heteroatoms. The number of aromatic amines is 1. The van der Waals surface area contributed by atoms with Crippen molar-refractivity contribution in [1.29, 1.82) is 0 Å². The molecular weight excluding hydrogens is 447 g/mol. The first-order valence-electron chi connectivity index (χ1n) is 10.3. The summed E-state index contributed by atoms with van der Waals surface area (Å²) in [7, 11) is 1.59. The van der Waals surface area contributed by atoms with Gasteiger partial charge in [-0.15, -0.1) is 0 Å². The Morgan fingerprint density at radius 3 is 2.59 bits per heavy atom. The Morgan fingerprint density at radius 2 is 1.82 bits per heavy atom. The third-order valence-corrected chi connectivity index (χ3v) is 5.53. The van der Waals surface area contributed by atoms with Crippen LogP contribution in [0.5, 0.6) is 0 Å². The maximum Gasteiger partial charge on any atom is 0.417 e. The summed E-state index contributed by atoms with van der Waals surface area (Å²) < 4.78 is 46.1. The van der Waals surface area contributed by atoms with E-state index < -0.39 is 17.6 Å². The Kier molecular flexibility index (Phi) is 5.07. The van der Waals surface area contributed by atoms with Crippen LogP contribution in [0.3, 0.4) is 0 Å². The summed E-state index contributed by atoms with van der Waals surface area (Å²) in [6.07, 6.45) is -4.59. The first-order chi connectivity index (χ1) is 16.2. The lowest BCUT2D eigenvalue weighted by atomic mass is 10.0. The van der Waals surface area contributed by atoms with Crippen LogP contribution in [0.4, 0.5) is 13.2 Å². The monoisotopic (exact) mass is 465 g/mol. The van der Waals surface area contributed by atoms with Gasteiger partial charge in [-0.1, -0.05) is 35.5 Å². The second kappa shape index (κ2) is 7.98. The van der Waals surface area contributed by atoms with E-state index in [1.54, 1.807) is 14.0 Å². The molecule has 0 aliphatic carbocycles. The van der Waals surface area contributed by atoms with Crippen molar-refractivity contribution < 1.29 is 22.5 Å². The zero-order valence-electron chi connectivity index (χ0n) is 18.1. The highest BCUT2D eigenvalue weighted by atomic mass is 19.4. The Bertz CT molecular complexity index is 1500. The van der Waals surface area contributed by atoms with Gasteiger partial charge in [0.05, 0.1) is 45.5 Å². The fraction of sp³-hybridized carbons (Fsp3) is 0.167. The molecule has 0 radical (unpaired) electrons. The smallest absolute Gasteiger partial charge is 0.340 e. The molecule has 0 spiro atoms. The predicted molar refractivity (Wildman–Crippen MR) is 119 cm³/mol. The van der Waals surface area contributed by atoms with Crippen molar-refractivity contribution >= 4 is 28.0 Å². The first kappa shape index (κ1) is 21.6. The summed E-state index contributed by atoms with van der Waals surface area (Å²) in [5.74, 6) is 0.150. The summed E-state index contributed by atoms with van der Waals surface area (Å²) in [5.41, 5.74) is 1.13. The highest BCUT2D eigenvalue weighted by Crippen LogP contribution is 2.37. The van der Waals surface area contributed by atoms with E-state index in [-0.39, 0.29) is 29.1 Å². The molecule has 0 bridgehead atoms. The molecule has 3 heterocycles. The largest absolute Gasteiger partial charge is 0.417 e. The molecule has 0 aliphatic heterocycles. The molecule has 7 nitrogen and oxygen atoms in total. The van der Waals surface area contributed by atoms with Gasteiger partial charge in [-0.25, -0.2) is 9.97 Å². The number of pyridine rings is 1. The topological polar surface area (TPSA) is 87.9 Å². The van der Waals surface area contributed by atoms with Gasteiger partial charge >= 0.3 is 6.18 Å². The standard InChI is InChI=1S/C24H18F3N5O2/c1-13-21-15(23(33)32(2)12-20-28-17-9-5-6-10-18(17)29-20)11-19(30-22(21)34-31-13)14-7-3-4-8-16(14)24(25,26)27/h3-11H,12H2,1-2H3,(H,28,29). The maximum atomic E-state index is 13.6. The number of imidazole rings is 1. The minimum Gasteiger partial charge on any atom is -0.340 e. The fourth-order valence-corrected chi connectivity index (χ4v) is 3.94. The van der Waals surface area contributed by atoms with Crippen molar-refractivity contribution in [3.05, 3.63) is 77.2 Å². The lowest BCUT2D eigenvalue weighted by Gasteiger charge is -2.17. The van der Waals surface area contributed by atoms with Crippen LogP contribution in [0, 0.1) is 6.92 Å². The van der Waals surface area contributed by atoms with Gasteiger partial charge in [-0.3, -0.25) is 4.79 Å². The molecule has 0 unspecified atom stereocenters. The number of benzene rings is 2. The molecule has 0 saturated carbocycles. The van der Waals surface area contributed by atoms with Gasteiger partial charge in [0.25, 0.3) is 11.6 Å². The molecule has 5 aromatic rings. The van der Waals surface area contributed by atoms with Gasteiger partial charge in [0, 0.05) is 12.6 Å². The number of halogens is 3. The molecule has 0 atom stereocenters. The van der Waals surface area contributed by atoms with Crippen LogP contribution in [0.25, 0.3) is 33.4 Å². The lowest BCUT2D eigenvalue weighted by molar-refractivity contribution is -0.137. The number of carbonyl (C=O) groups excluding carboxylic acids is 1. The number of aryl methyl sites for hydroxylation is 1. The van der Waals surface area contributed by atoms with E-state index >= 15 is 0 Å². The van der Waals surface area contributed by atoms with Crippen LogP contribution >= 0.6 is 0 Å². The van der Waals surface area contributed by atoms with Crippen LogP contribution in [0.2, 0.25) is 0 Å². The van der Waals surface area contributed by atoms with Crippen LogP contribution in [0.1, 0.15) is 27.4 Å². The van der Waals surface area contributed by atoms with E-state index in [9.17, 15) is 18.0 Å². The molecule has 34 heavy (non-hydrogen) atoms. The van der Waals surface area contributed by atoms with Gasteiger partial charge in [-0.2, -0.15) is 13.2 Å². The number of hydrogen-bond acceptors (Lipinski definition) is 5. The molecule has 3 aromatic heterocycles. The molecule has 1 N–H and O–H groups in total. The number of rotatable bonds is 4. The van der Waals surface area contributed by atoms with Crippen molar-refractivity contribution in [1.82, 2.24) is 25.0 Å². The molecule has 0 fully saturated rings. The molecule has 5 rings (SSSR count). The number of fused-ring (bicyclic) bond motifs is 2. The second-order valence-corrected chi connectivity index (χ2v) is 7.91. The number of H-pyrrole nitrogens is 1. The quantitative estimate of drug-likeness (QED) is 0.386. The van der Waals surface area contributed by atoms with Crippen LogP contribution in [-0.4, -0.2) is 38.0 Å². The average Bonchev–Trinajstić information content (AvgIpc) is 3.40. The molecule has 2 aromatic carbocycles. The molecule has 1 amide bonds. The van der Waals surface area contributed by atoms with Gasteiger partial charge < -0.3 is 14.4 Å². The third-order valence-electron chi connectivity index (χ3n) is 5.53. The zero-order chi connectivity index (χ0) is 24.0. The number of nitrogens with one attached hydrogen (secondary N) is 1. The Morgan fingerprint density at radius 1 is 1.09 bits per heavy atom. The van der Waals surface area contributed by atoms with E-state index in [1.165, 1.54) is 29.2 Å². The Labute approximate surface area is 191 Å². The van der Waals surface area contributed by atoms with Crippen molar-refractivity contribution in [2.75, 3.05) is 7.05 Å². The van der Waals surface area contributed by atoms with Crippen LogP contribution < -0.4 is 0 Å². The molecule has 0 aliphatic rings. The van der Waals surface area contributed by atoms with E-state index in [0.29, 0.717) is 16.9 Å². The van der Waals surface area contributed by atoms with Gasteiger partial charge in [0.2, 0.25) is 0 Å². The molecule has 172 valence electrons. The average molecular weight is 465 g/mol. The van der Waals surface area contributed by atoms with Crippen LogP contribution in [0.15, 0.2) is 59.1 Å². The van der Waals surface area contributed by atoms with E-state index in [2.05, 4.69) is 20.1 Å². The summed E-state index contributed by atoms with van der Waals surface area (Å²) in [6.45, 7) is 1.81. The molecule has 0 saturated heterocycles. The normalized spacial score (nSPS) is 11.9. The van der Waals surface area contributed by atoms with Gasteiger partial charge in [0.1, 0.15) is 5.82 Å². The maximum absolute atomic E-state index is 13.6. The Hall–Kier alpha value is -4.21. The highest BCUT2D eigenvalue weighted by Gasteiger charge is 2.34. The van der Waals surface area contributed by atoms with Crippen molar-refractivity contribution in [2.24, 2.45) is 0 Å². The number of amides is 1. The van der Waals surface area contributed by atoms with Gasteiger partial charge in [-0.05, 0) is 31.2 Å². The fourth-order valence-electron chi connectivity index (χ4n) is 3.94. The van der Waals surface area contributed by atoms with Crippen molar-refractivity contribution in [3.8, 4) is 11.3 Å². The number of nitrogens with zero attached hydrogens (tertiary/aromatic N) is 4. The highest BCUT2D eigenvalue weighted by molar-refractivity contribution is 6.07. The lowest BCUT2D eigenvalue weighted by Crippen LogP contribution is -2.27. The summed E-state index contributed by atoms with van der Waals surface area (Å²) in [4.78, 5) is 26.8. The van der Waals surface area contributed by atoms with Gasteiger partial charge in [0.15, 0.2) is 0 Å². The second-order valence-electron chi connectivity index (χ2n) is 7.91.